The fourth-order valence-electron chi connectivity index (χ4n) is 1.36. The summed E-state index contributed by atoms with van der Waals surface area (Å²) in [6.07, 6.45) is 0. The van der Waals surface area contributed by atoms with Crippen LogP contribution in [0.1, 0.15) is 5.56 Å². The molecule has 1 nitrogen and oxygen atoms in total. The van der Waals surface area contributed by atoms with Crippen LogP contribution in [-0.2, 0) is 0 Å². The quantitative estimate of drug-likeness (QED) is 0.783. The summed E-state index contributed by atoms with van der Waals surface area (Å²) in [5.41, 5.74) is 1.30. The zero-order valence-electron chi connectivity index (χ0n) is 10.7. The second-order valence-electron chi connectivity index (χ2n) is 5.16. The average Bonchev–Trinajstić information content (AvgIpc) is 2.69. The molecule has 90 valence electrons. The van der Waals surface area contributed by atoms with E-state index < -0.39 is 8.07 Å². The zero-order chi connectivity index (χ0) is 12.5. The summed E-state index contributed by atoms with van der Waals surface area (Å²) in [5, 5.41) is 3.54. The Bertz CT molecular complexity index is 497. The summed E-state index contributed by atoms with van der Waals surface area (Å²) in [6.45, 7) is 9.12. The lowest BCUT2D eigenvalue weighted by Gasteiger charge is -2.11. The van der Waals surface area contributed by atoms with Gasteiger partial charge in [-0.25, -0.2) is 4.98 Å². The molecule has 0 bridgehead atoms. The molecule has 0 saturated carbocycles. The van der Waals surface area contributed by atoms with Gasteiger partial charge in [0.15, 0.2) is 4.34 Å². The molecule has 0 amide bonds. The van der Waals surface area contributed by atoms with Crippen LogP contribution in [0.3, 0.4) is 0 Å². The van der Waals surface area contributed by atoms with Crippen LogP contribution in [-0.4, -0.2) is 13.1 Å². The van der Waals surface area contributed by atoms with Crippen molar-refractivity contribution in [2.75, 3.05) is 0 Å². The van der Waals surface area contributed by atoms with Gasteiger partial charge < -0.3 is 0 Å². The van der Waals surface area contributed by atoms with E-state index in [-0.39, 0.29) is 0 Å². The van der Waals surface area contributed by atoms with E-state index >= 15 is 0 Å². The lowest BCUT2D eigenvalue weighted by Crippen LogP contribution is -2.38. The molecule has 2 rings (SSSR count). The maximum absolute atomic E-state index is 4.74. The van der Waals surface area contributed by atoms with E-state index in [9.17, 15) is 0 Å². The molecule has 17 heavy (non-hydrogen) atoms. The molecule has 1 aromatic heterocycles. The van der Waals surface area contributed by atoms with Gasteiger partial charge in [0, 0.05) is 15.6 Å². The Morgan fingerprint density at radius 2 is 1.76 bits per heavy atom. The van der Waals surface area contributed by atoms with E-state index in [0.29, 0.717) is 0 Å². The summed E-state index contributed by atoms with van der Waals surface area (Å²) in [6, 6.07) is 8.62. The number of nitrogens with zero attached hydrogens (tertiary/aromatic N) is 1. The SMILES string of the molecule is Cc1ccc(Sc2nc([Si](C)(C)C)cs2)cc1. The topological polar surface area (TPSA) is 12.9 Å². The summed E-state index contributed by atoms with van der Waals surface area (Å²) < 4.78 is 1.16. The minimum Gasteiger partial charge on any atom is -0.239 e. The van der Waals surface area contributed by atoms with Crippen LogP contribution in [0.4, 0.5) is 0 Å². The normalized spacial score (nSPS) is 11.8. The Morgan fingerprint density at radius 3 is 2.29 bits per heavy atom. The van der Waals surface area contributed by atoms with Crippen molar-refractivity contribution >= 4 is 36.5 Å². The summed E-state index contributed by atoms with van der Waals surface area (Å²) in [5.74, 6) is 0. The van der Waals surface area contributed by atoms with Gasteiger partial charge in [0.1, 0.15) is 8.07 Å². The fraction of sp³-hybridized carbons (Fsp3) is 0.308. The number of hydrogen-bond donors (Lipinski definition) is 0. The third-order valence-electron chi connectivity index (χ3n) is 2.48. The summed E-state index contributed by atoms with van der Waals surface area (Å²) >= 11 is 3.52. The van der Waals surface area contributed by atoms with Crippen LogP contribution in [0.2, 0.25) is 19.6 Å². The first-order valence-corrected chi connectivity index (χ1v) is 10.9. The molecule has 0 aliphatic heterocycles. The van der Waals surface area contributed by atoms with Crippen molar-refractivity contribution in [2.45, 2.75) is 35.8 Å². The Hall–Kier alpha value is -0.583. The average molecular weight is 280 g/mol. The van der Waals surface area contributed by atoms with Crippen molar-refractivity contribution in [2.24, 2.45) is 0 Å². The fourth-order valence-corrected chi connectivity index (χ4v) is 5.22. The monoisotopic (exact) mass is 279 g/mol. The van der Waals surface area contributed by atoms with Gasteiger partial charge in [-0.1, -0.05) is 49.1 Å². The first-order chi connectivity index (χ1) is 7.95. The predicted octanol–water partition coefficient (Wildman–Crippen LogP) is 4.15. The van der Waals surface area contributed by atoms with Crippen molar-refractivity contribution in [3.63, 3.8) is 0 Å². The highest BCUT2D eigenvalue weighted by molar-refractivity contribution is 8.01. The zero-order valence-corrected chi connectivity index (χ0v) is 13.3. The first kappa shape index (κ1) is 12.9. The highest BCUT2D eigenvalue weighted by Gasteiger charge is 2.20. The van der Waals surface area contributed by atoms with Gasteiger partial charge in [0.25, 0.3) is 0 Å². The predicted molar refractivity (Wildman–Crippen MR) is 80.4 cm³/mol. The molecule has 4 heteroatoms. The van der Waals surface area contributed by atoms with Crippen LogP contribution in [0.5, 0.6) is 0 Å². The molecule has 0 fully saturated rings. The maximum atomic E-state index is 4.74. The van der Waals surface area contributed by atoms with Crippen LogP contribution in [0, 0.1) is 6.92 Å². The number of aromatic nitrogens is 1. The highest BCUT2D eigenvalue weighted by Crippen LogP contribution is 2.29. The van der Waals surface area contributed by atoms with Gasteiger partial charge in [0.2, 0.25) is 0 Å². The molecule has 2 aromatic rings. The Balaban J connectivity index is 2.14. The van der Waals surface area contributed by atoms with Gasteiger partial charge in [-0.3, -0.25) is 0 Å². The third-order valence-corrected chi connectivity index (χ3v) is 6.43. The molecular formula is C13H17NS2Si. The molecule has 0 spiro atoms. The highest BCUT2D eigenvalue weighted by atomic mass is 32.2. The molecule has 0 radical (unpaired) electrons. The van der Waals surface area contributed by atoms with Gasteiger partial charge in [0.05, 0.1) is 0 Å². The van der Waals surface area contributed by atoms with Crippen LogP contribution in [0.15, 0.2) is 38.9 Å². The van der Waals surface area contributed by atoms with E-state index in [2.05, 4.69) is 56.2 Å². The largest absolute Gasteiger partial charge is 0.239 e. The standard InChI is InChI=1S/C13H17NS2Si/c1-10-5-7-11(8-6-10)16-13-14-12(9-15-13)17(2,3)4/h5-9H,1-4H3. The lowest BCUT2D eigenvalue weighted by atomic mass is 10.2. The van der Waals surface area contributed by atoms with Crippen molar-refractivity contribution in [1.82, 2.24) is 4.98 Å². The van der Waals surface area contributed by atoms with Crippen LogP contribution >= 0.6 is 23.1 Å². The number of thiazole rings is 1. The van der Waals surface area contributed by atoms with E-state index in [1.54, 1.807) is 23.1 Å². The van der Waals surface area contributed by atoms with Gasteiger partial charge >= 0.3 is 0 Å². The number of hydrogen-bond acceptors (Lipinski definition) is 3. The minimum atomic E-state index is -1.25. The van der Waals surface area contributed by atoms with Gasteiger partial charge in [-0.15, -0.1) is 11.3 Å². The second-order valence-corrected chi connectivity index (χ2v) is 12.4. The molecule has 0 unspecified atom stereocenters. The van der Waals surface area contributed by atoms with Gasteiger partial charge in [-0.05, 0) is 19.1 Å². The van der Waals surface area contributed by atoms with Crippen LogP contribution in [0.25, 0.3) is 0 Å². The molecule has 0 atom stereocenters. The molecule has 0 N–H and O–H groups in total. The van der Waals surface area contributed by atoms with Crippen molar-refractivity contribution in [3.05, 3.63) is 35.2 Å². The van der Waals surface area contributed by atoms with E-state index in [0.717, 1.165) is 4.34 Å². The molecule has 0 aliphatic carbocycles. The van der Waals surface area contributed by atoms with E-state index in [1.807, 2.05) is 0 Å². The first-order valence-electron chi connectivity index (χ1n) is 5.66. The number of aryl methyl sites for hydroxylation is 1. The molecule has 0 saturated heterocycles. The lowest BCUT2D eigenvalue weighted by molar-refractivity contribution is 1.27. The van der Waals surface area contributed by atoms with Crippen LogP contribution < -0.4 is 5.32 Å². The molecule has 0 aliphatic rings. The summed E-state index contributed by atoms with van der Waals surface area (Å²) in [7, 11) is -1.25. The Kier molecular flexibility index (Phi) is 3.75. The maximum Gasteiger partial charge on any atom is 0.154 e. The summed E-state index contributed by atoms with van der Waals surface area (Å²) in [4.78, 5) is 6.01. The Labute approximate surface area is 112 Å². The minimum absolute atomic E-state index is 1.16. The van der Waals surface area contributed by atoms with Gasteiger partial charge in [-0.2, -0.15) is 0 Å². The molecule has 1 aromatic carbocycles. The molecule has 1 heterocycles. The van der Waals surface area contributed by atoms with E-state index in [1.165, 1.54) is 15.8 Å². The number of benzene rings is 1. The number of rotatable bonds is 3. The van der Waals surface area contributed by atoms with Crippen molar-refractivity contribution in [1.29, 1.82) is 0 Å². The smallest absolute Gasteiger partial charge is 0.154 e. The van der Waals surface area contributed by atoms with Crippen molar-refractivity contribution in [3.8, 4) is 0 Å². The third kappa shape index (κ3) is 3.44. The molecular weight excluding hydrogens is 262 g/mol. The Morgan fingerprint density at radius 1 is 1.12 bits per heavy atom. The van der Waals surface area contributed by atoms with Crippen molar-refractivity contribution < 1.29 is 0 Å². The van der Waals surface area contributed by atoms with E-state index in [4.69, 9.17) is 4.98 Å². The second kappa shape index (κ2) is 4.96.